The molecule has 1 N–H and O–H groups in total. The lowest BCUT2D eigenvalue weighted by Gasteiger charge is -2.55. The Morgan fingerprint density at radius 1 is 1.08 bits per heavy atom. The van der Waals surface area contributed by atoms with Gasteiger partial charge in [0, 0.05) is 3.42 Å². The van der Waals surface area contributed by atoms with Crippen molar-refractivity contribution in [1.82, 2.24) is 0 Å². The van der Waals surface area contributed by atoms with Gasteiger partial charge in [-0.25, -0.2) is 0 Å². The summed E-state index contributed by atoms with van der Waals surface area (Å²) in [4.78, 5) is 0. The topological polar surface area (TPSA) is 20.2 Å². The van der Waals surface area contributed by atoms with Gasteiger partial charge in [-0.1, -0.05) is 54.1 Å². The van der Waals surface area contributed by atoms with Crippen LogP contribution in [0.1, 0.15) is 86.8 Å². The van der Waals surface area contributed by atoms with Gasteiger partial charge >= 0.3 is 0 Å². The summed E-state index contributed by atoms with van der Waals surface area (Å²) >= 11 is 2.83. The number of benzene rings is 1. The van der Waals surface area contributed by atoms with Crippen LogP contribution < -0.4 is 0 Å². The second kappa shape index (κ2) is 5.45. The summed E-state index contributed by atoms with van der Waals surface area (Å²) in [5.74, 6) is 2.25. The Morgan fingerprint density at radius 2 is 1.92 bits per heavy atom. The normalized spacial score (nSPS) is 44.4. The second-order valence-corrected chi connectivity index (χ2v) is 11.3. The molecule has 5 rings (SSSR count). The molecule has 1 aromatic rings. The lowest BCUT2D eigenvalue weighted by molar-refractivity contribution is -0.00732. The molecule has 0 aromatic heterocycles. The molecule has 24 heavy (non-hydrogen) atoms. The highest BCUT2D eigenvalue weighted by Crippen LogP contribution is 2.66. The van der Waals surface area contributed by atoms with E-state index in [1.165, 1.54) is 51.4 Å². The number of halogens is 1. The largest absolute Gasteiger partial charge is 0.393 e. The van der Waals surface area contributed by atoms with E-state index in [9.17, 15) is 5.11 Å². The molecule has 3 fully saturated rings. The molecule has 3 saturated carbocycles. The predicted octanol–water partition coefficient (Wildman–Crippen LogP) is 5.73. The Balaban J connectivity index is 1.51. The third kappa shape index (κ3) is 2.08. The SMILES string of the molecule is CC12CCC3c4ccc(C5CCC5)cc4CCC3(I)C1CCC2O. The molecule has 5 atom stereocenters. The van der Waals surface area contributed by atoms with Crippen molar-refractivity contribution >= 4 is 22.6 Å². The average molecular weight is 436 g/mol. The van der Waals surface area contributed by atoms with Gasteiger partial charge in [0.2, 0.25) is 0 Å². The molecule has 0 aliphatic heterocycles. The molecule has 0 radical (unpaired) electrons. The Hall–Kier alpha value is -0.0900. The summed E-state index contributed by atoms with van der Waals surface area (Å²) in [5, 5.41) is 10.6. The highest BCUT2D eigenvalue weighted by molar-refractivity contribution is 14.1. The quantitative estimate of drug-likeness (QED) is 0.441. The minimum absolute atomic E-state index is 0.0718. The van der Waals surface area contributed by atoms with Crippen molar-refractivity contribution in [3.05, 3.63) is 34.9 Å². The maximum absolute atomic E-state index is 10.6. The van der Waals surface area contributed by atoms with Gasteiger partial charge in [0.15, 0.2) is 0 Å². The van der Waals surface area contributed by atoms with Gasteiger partial charge < -0.3 is 5.11 Å². The number of aliphatic hydroxyl groups excluding tert-OH is 1. The minimum Gasteiger partial charge on any atom is -0.393 e. The number of fused-ring (bicyclic) bond motifs is 5. The van der Waals surface area contributed by atoms with E-state index in [0.29, 0.717) is 15.3 Å². The lowest BCUT2D eigenvalue weighted by atomic mass is 9.55. The summed E-state index contributed by atoms with van der Waals surface area (Å²) in [6.07, 6.45) is 11.4. The van der Waals surface area contributed by atoms with Crippen LogP contribution in [0.4, 0.5) is 0 Å². The van der Waals surface area contributed by atoms with Crippen molar-refractivity contribution < 1.29 is 5.11 Å². The minimum atomic E-state index is -0.0718. The van der Waals surface area contributed by atoms with Crippen LogP contribution in [0.5, 0.6) is 0 Å². The average Bonchev–Trinajstić information content (AvgIpc) is 2.82. The van der Waals surface area contributed by atoms with E-state index in [2.05, 4.69) is 47.7 Å². The highest BCUT2D eigenvalue weighted by atomic mass is 127. The summed E-state index contributed by atoms with van der Waals surface area (Å²) < 4.78 is 0.368. The number of aryl methyl sites for hydroxylation is 1. The van der Waals surface area contributed by atoms with Crippen LogP contribution in [0.2, 0.25) is 0 Å². The first kappa shape index (κ1) is 16.1. The van der Waals surface area contributed by atoms with E-state index in [1.807, 2.05) is 0 Å². The Labute approximate surface area is 159 Å². The first-order valence-corrected chi connectivity index (χ1v) is 11.1. The molecule has 5 unspecified atom stereocenters. The van der Waals surface area contributed by atoms with Gasteiger partial charge in [-0.2, -0.15) is 0 Å². The van der Waals surface area contributed by atoms with Crippen LogP contribution in [0.3, 0.4) is 0 Å². The fourth-order valence-corrected chi connectivity index (χ4v) is 8.49. The molecule has 4 aliphatic carbocycles. The number of rotatable bonds is 1. The van der Waals surface area contributed by atoms with Gasteiger partial charge in [-0.3, -0.25) is 0 Å². The summed E-state index contributed by atoms with van der Waals surface area (Å²) in [6.45, 7) is 2.38. The van der Waals surface area contributed by atoms with Crippen molar-refractivity contribution in [2.75, 3.05) is 0 Å². The molecule has 1 nitrogen and oxygen atoms in total. The van der Waals surface area contributed by atoms with E-state index in [-0.39, 0.29) is 11.5 Å². The molecule has 0 amide bonds. The van der Waals surface area contributed by atoms with Crippen molar-refractivity contribution in [3.63, 3.8) is 0 Å². The third-order valence-corrected chi connectivity index (χ3v) is 10.4. The molecule has 0 saturated heterocycles. The zero-order valence-electron chi connectivity index (χ0n) is 14.7. The molecule has 4 aliphatic rings. The first-order chi connectivity index (χ1) is 11.5. The molecule has 0 bridgehead atoms. The summed E-state index contributed by atoms with van der Waals surface area (Å²) in [5.41, 5.74) is 5.08. The fourth-order valence-electron chi connectivity index (χ4n) is 6.55. The van der Waals surface area contributed by atoms with E-state index in [4.69, 9.17) is 0 Å². The fraction of sp³-hybridized carbons (Fsp3) is 0.727. The maximum Gasteiger partial charge on any atom is 0.0597 e. The van der Waals surface area contributed by atoms with E-state index < -0.39 is 0 Å². The van der Waals surface area contributed by atoms with E-state index in [1.54, 1.807) is 16.7 Å². The maximum atomic E-state index is 10.6. The van der Waals surface area contributed by atoms with Gasteiger partial charge in [0.1, 0.15) is 0 Å². The summed E-state index contributed by atoms with van der Waals surface area (Å²) in [6, 6.07) is 7.50. The van der Waals surface area contributed by atoms with Crippen LogP contribution >= 0.6 is 22.6 Å². The molecule has 0 spiro atoms. The van der Waals surface area contributed by atoms with Crippen LogP contribution in [0.25, 0.3) is 0 Å². The summed E-state index contributed by atoms with van der Waals surface area (Å²) in [7, 11) is 0. The van der Waals surface area contributed by atoms with Crippen LogP contribution in [0, 0.1) is 11.3 Å². The Morgan fingerprint density at radius 3 is 2.67 bits per heavy atom. The van der Waals surface area contributed by atoms with Gasteiger partial charge in [0.05, 0.1) is 6.10 Å². The molecule has 1 aromatic carbocycles. The third-order valence-electron chi connectivity index (χ3n) is 8.31. The molecule has 0 heterocycles. The standard InChI is InChI=1S/C22H29IO/c1-21-11-10-18-17-6-5-15(14-3-2-4-14)13-16(17)9-12-22(18,23)19(21)7-8-20(21)24/h5-6,13-14,18-20,24H,2-4,7-12H2,1H3. The Kier molecular flexibility index (Phi) is 3.66. The van der Waals surface area contributed by atoms with Crippen LogP contribution in [-0.4, -0.2) is 14.6 Å². The zero-order chi connectivity index (χ0) is 16.5. The van der Waals surface area contributed by atoms with Crippen LogP contribution in [-0.2, 0) is 6.42 Å². The van der Waals surface area contributed by atoms with Crippen LogP contribution in [0.15, 0.2) is 18.2 Å². The van der Waals surface area contributed by atoms with Gasteiger partial charge in [-0.15, -0.1) is 0 Å². The van der Waals surface area contributed by atoms with Gasteiger partial charge in [0.25, 0.3) is 0 Å². The first-order valence-electron chi connectivity index (χ1n) is 10.0. The van der Waals surface area contributed by atoms with E-state index in [0.717, 1.165) is 12.3 Å². The molecular formula is C22H29IO. The van der Waals surface area contributed by atoms with Crippen molar-refractivity contribution in [2.24, 2.45) is 11.3 Å². The number of hydrogen-bond acceptors (Lipinski definition) is 1. The van der Waals surface area contributed by atoms with Crippen molar-refractivity contribution in [1.29, 1.82) is 0 Å². The van der Waals surface area contributed by atoms with Gasteiger partial charge in [-0.05, 0) is 91.2 Å². The van der Waals surface area contributed by atoms with Crippen molar-refractivity contribution in [3.8, 4) is 0 Å². The number of aliphatic hydroxyl groups is 1. The Bertz CT molecular complexity index is 666. The molecule has 2 heteroatoms. The molecule has 130 valence electrons. The zero-order valence-corrected chi connectivity index (χ0v) is 16.9. The second-order valence-electron chi connectivity index (χ2n) is 9.26. The smallest absolute Gasteiger partial charge is 0.0597 e. The predicted molar refractivity (Wildman–Crippen MR) is 107 cm³/mol. The monoisotopic (exact) mass is 436 g/mol. The highest BCUT2D eigenvalue weighted by Gasteiger charge is 2.60. The number of alkyl halides is 1. The molecular weight excluding hydrogens is 407 g/mol. The lowest BCUT2D eigenvalue weighted by Crippen LogP contribution is -2.52. The van der Waals surface area contributed by atoms with E-state index >= 15 is 0 Å². The van der Waals surface area contributed by atoms with Crippen molar-refractivity contribution in [2.45, 2.75) is 86.1 Å². The number of hydrogen-bond donors (Lipinski definition) is 1.